The Morgan fingerprint density at radius 2 is 1.94 bits per heavy atom. The Morgan fingerprint density at radius 3 is 2.83 bits per heavy atom. The van der Waals surface area contributed by atoms with Gasteiger partial charge in [-0.1, -0.05) is 18.2 Å². The molecule has 2 amide bonds. The number of amides is 2. The summed E-state index contributed by atoms with van der Waals surface area (Å²) in [6.07, 6.45) is 3.04. The number of benzene rings is 2. The summed E-state index contributed by atoms with van der Waals surface area (Å²) in [4.78, 5) is 33.4. The maximum absolute atomic E-state index is 13.6. The van der Waals surface area contributed by atoms with E-state index in [2.05, 4.69) is 11.1 Å². The molecule has 0 radical (unpaired) electrons. The lowest BCUT2D eigenvalue weighted by molar-refractivity contribution is -0.169. The van der Waals surface area contributed by atoms with Crippen molar-refractivity contribution in [3.63, 3.8) is 0 Å². The number of hydrogen-bond donors (Lipinski definition) is 1. The molecule has 184 valence electrons. The maximum atomic E-state index is 13.6. The molecule has 3 aromatic rings. The van der Waals surface area contributed by atoms with Crippen LogP contribution in [0.2, 0.25) is 0 Å². The molecule has 2 aliphatic rings. The SMILES string of the molecule is CN1CCOc2ccccc2CCCCC2(CN(C(=O)c3cc4ccc(F)cc4[nH]3)CCO2)C1=O. The average molecular weight is 480 g/mol. The van der Waals surface area contributed by atoms with Crippen molar-refractivity contribution in [1.82, 2.24) is 14.8 Å². The van der Waals surface area contributed by atoms with Gasteiger partial charge < -0.3 is 24.3 Å². The van der Waals surface area contributed by atoms with Gasteiger partial charge in [-0.3, -0.25) is 9.59 Å². The smallest absolute Gasteiger partial charge is 0.270 e. The average Bonchev–Trinajstić information content (AvgIpc) is 3.29. The summed E-state index contributed by atoms with van der Waals surface area (Å²) in [6.45, 7) is 1.64. The number of carbonyl (C=O) groups excluding carboxylic acids is 2. The first kappa shape index (κ1) is 23.4. The number of carbonyl (C=O) groups is 2. The number of ether oxygens (including phenoxy) is 2. The number of morpholine rings is 1. The van der Waals surface area contributed by atoms with E-state index in [0.29, 0.717) is 37.3 Å². The molecule has 0 saturated carbocycles. The lowest BCUT2D eigenvalue weighted by Crippen LogP contribution is -2.61. The highest BCUT2D eigenvalue weighted by Crippen LogP contribution is 2.30. The van der Waals surface area contributed by atoms with Crippen LogP contribution in [0.1, 0.15) is 35.3 Å². The summed E-state index contributed by atoms with van der Waals surface area (Å²) in [5.74, 6) is 0.152. The zero-order valence-electron chi connectivity index (χ0n) is 19.9. The van der Waals surface area contributed by atoms with Gasteiger partial charge in [-0.05, 0) is 61.6 Å². The number of halogens is 1. The Hall–Kier alpha value is -3.39. The third kappa shape index (κ3) is 4.75. The first-order valence-corrected chi connectivity index (χ1v) is 12.1. The van der Waals surface area contributed by atoms with Crippen LogP contribution in [0.3, 0.4) is 0 Å². The molecule has 1 unspecified atom stereocenters. The number of likely N-dealkylation sites (N-methyl/N-ethyl adjacent to an activating group) is 1. The summed E-state index contributed by atoms with van der Waals surface area (Å²) < 4.78 is 25.8. The molecule has 3 heterocycles. The van der Waals surface area contributed by atoms with E-state index in [1.54, 1.807) is 29.0 Å². The Bertz CT molecular complexity index is 1240. The van der Waals surface area contributed by atoms with Gasteiger partial charge in [-0.2, -0.15) is 0 Å². The Balaban J connectivity index is 1.37. The van der Waals surface area contributed by atoms with Crippen LogP contribution >= 0.6 is 0 Å². The molecule has 1 fully saturated rings. The molecule has 0 aliphatic carbocycles. The fourth-order valence-corrected chi connectivity index (χ4v) is 5.05. The van der Waals surface area contributed by atoms with E-state index >= 15 is 0 Å². The van der Waals surface area contributed by atoms with Crippen molar-refractivity contribution in [1.29, 1.82) is 0 Å². The minimum atomic E-state index is -1.10. The van der Waals surface area contributed by atoms with Crippen LogP contribution in [0.4, 0.5) is 4.39 Å². The summed E-state index contributed by atoms with van der Waals surface area (Å²) >= 11 is 0. The van der Waals surface area contributed by atoms with Gasteiger partial charge in [-0.15, -0.1) is 0 Å². The Morgan fingerprint density at radius 1 is 1.09 bits per heavy atom. The lowest BCUT2D eigenvalue weighted by Gasteiger charge is -2.43. The molecule has 1 saturated heterocycles. The third-order valence-electron chi connectivity index (χ3n) is 6.96. The molecule has 2 aliphatic heterocycles. The largest absolute Gasteiger partial charge is 0.491 e. The normalized spacial score (nSPS) is 21.8. The molecule has 8 heteroatoms. The molecule has 1 atom stereocenters. The van der Waals surface area contributed by atoms with Gasteiger partial charge in [0.25, 0.3) is 11.8 Å². The topological polar surface area (TPSA) is 74.9 Å². The van der Waals surface area contributed by atoms with Crippen molar-refractivity contribution in [2.24, 2.45) is 0 Å². The van der Waals surface area contributed by atoms with Crippen molar-refractivity contribution in [2.45, 2.75) is 31.3 Å². The molecule has 5 rings (SSSR count). The number of nitrogens with zero attached hydrogens (tertiary/aromatic N) is 2. The van der Waals surface area contributed by atoms with E-state index in [1.807, 2.05) is 18.2 Å². The van der Waals surface area contributed by atoms with Crippen LogP contribution in [0.5, 0.6) is 5.75 Å². The molecule has 0 bridgehead atoms. The summed E-state index contributed by atoms with van der Waals surface area (Å²) in [5.41, 5.74) is 1.01. The lowest BCUT2D eigenvalue weighted by atomic mass is 9.91. The van der Waals surface area contributed by atoms with Gasteiger partial charge in [0.2, 0.25) is 0 Å². The molecule has 1 aromatic heterocycles. The minimum Gasteiger partial charge on any atom is -0.491 e. The van der Waals surface area contributed by atoms with Gasteiger partial charge in [0.1, 0.15) is 23.9 Å². The number of hydrogen-bond acceptors (Lipinski definition) is 4. The van der Waals surface area contributed by atoms with Gasteiger partial charge in [0, 0.05) is 24.5 Å². The summed E-state index contributed by atoms with van der Waals surface area (Å²) in [5, 5.41) is 0.764. The zero-order valence-corrected chi connectivity index (χ0v) is 19.9. The highest BCUT2D eigenvalue weighted by Gasteiger charge is 2.46. The van der Waals surface area contributed by atoms with Gasteiger partial charge in [-0.25, -0.2) is 4.39 Å². The molecule has 1 N–H and O–H groups in total. The predicted octanol–water partition coefficient (Wildman–Crippen LogP) is 3.78. The second-order valence-corrected chi connectivity index (χ2v) is 9.37. The Labute approximate surface area is 203 Å². The Kier molecular flexibility index (Phi) is 6.47. The monoisotopic (exact) mass is 479 g/mol. The molecular formula is C27H30FN3O4. The van der Waals surface area contributed by atoms with E-state index in [0.717, 1.165) is 36.0 Å². The van der Waals surface area contributed by atoms with Gasteiger partial charge in [0.15, 0.2) is 5.60 Å². The third-order valence-corrected chi connectivity index (χ3v) is 6.96. The van der Waals surface area contributed by atoms with Crippen molar-refractivity contribution in [2.75, 3.05) is 39.9 Å². The van der Waals surface area contributed by atoms with Crippen LogP contribution in [-0.2, 0) is 16.0 Å². The fourth-order valence-electron chi connectivity index (χ4n) is 5.05. The van der Waals surface area contributed by atoms with Gasteiger partial charge >= 0.3 is 0 Å². The quantitative estimate of drug-likeness (QED) is 0.577. The highest BCUT2D eigenvalue weighted by molar-refractivity contribution is 5.98. The molecule has 35 heavy (non-hydrogen) atoms. The van der Waals surface area contributed by atoms with E-state index < -0.39 is 5.60 Å². The molecule has 2 aromatic carbocycles. The molecule has 7 nitrogen and oxygen atoms in total. The van der Waals surface area contributed by atoms with E-state index in [1.165, 1.54) is 12.1 Å². The fraction of sp³-hybridized carbons (Fsp3) is 0.407. The van der Waals surface area contributed by atoms with Crippen molar-refractivity contribution >= 4 is 22.7 Å². The van der Waals surface area contributed by atoms with Crippen LogP contribution in [0.15, 0.2) is 48.5 Å². The molecular weight excluding hydrogens is 449 g/mol. The molecule has 1 spiro atoms. The number of aryl methyl sites for hydroxylation is 1. The second-order valence-electron chi connectivity index (χ2n) is 9.37. The van der Waals surface area contributed by atoms with E-state index in [-0.39, 0.29) is 30.8 Å². The number of aromatic amines is 1. The first-order valence-electron chi connectivity index (χ1n) is 12.1. The highest BCUT2D eigenvalue weighted by atomic mass is 19.1. The standard InChI is InChI=1S/C27H30FN3O4/c1-30-12-14-34-24-8-3-2-6-19(24)7-4-5-11-27(26(30)33)18-31(13-15-35-27)25(32)23-16-20-9-10-21(28)17-22(20)29-23/h2-3,6,8-10,16-17,29H,4-5,7,11-15,18H2,1H3. The second kappa shape index (κ2) is 9.70. The van der Waals surface area contributed by atoms with Crippen molar-refractivity contribution in [3.05, 3.63) is 65.6 Å². The van der Waals surface area contributed by atoms with Crippen LogP contribution in [-0.4, -0.2) is 72.1 Å². The van der Waals surface area contributed by atoms with Crippen LogP contribution in [0.25, 0.3) is 10.9 Å². The van der Waals surface area contributed by atoms with Gasteiger partial charge in [0.05, 0.1) is 19.7 Å². The van der Waals surface area contributed by atoms with Crippen molar-refractivity contribution < 1.29 is 23.5 Å². The van der Waals surface area contributed by atoms with Crippen LogP contribution in [0, 0.1) is 5.82 Å². The number of H-pyrrole nitrogens is 1. The van der Waals surface area contributed by atoms with E-state index in [4.69, 9.17) is 9.47 Å². The number of nitrogens with one attached hydrogen (secondary N) is 1. The maximum Gasteiger partial charge on any atom is 0.270 e. The van der Waals surface area contributed by atoms with Crippen molar-refractivity contribution in [3.8, 4) is 5.75 Å². The number of aromatic nitrogens is 1. The van der Waals surface area contributed by atoms with Crippen LogP contribution < -0.4 is 4.74 Å². The minimum absolute atomic E-state index is 0.133. The summed E-state index contributed by atoms with van der Waals surface area (Å²) in [6, 6.07) is 14.1. The number of rotatable bonds is 1. The zero-order chi connectivity index (χ0) is 24.4. The predicted molar refractivity (Wildman–Crippen MR) is 130 cm³/mol. The van der Waals surface area contributed by atoms with E-state index in [9.17, 15) is 14.0 Å². The summed E-state index contributed by atoms with van der Waals surface area (Å²) in [7, 11) is 1.75. The number of fused-ring (bicyclic) bond motifs is 2. The first-order chi connectivity index (χ1) is 16.9. The number of para-hydroxylation sites is 1.